The lowest BCUT2D eigenvalue weighted by Gasteiger charge is -2.31. The molecule has 1 fully saturated rings. The zero-order valence-corrected chi connectivity index (χ0v) is 11.2. The summed E-state index contributed by atoms with van der Waals surface area (Å²) in [6.45, 7) is 3.23. The molecular formula is C12H17N3O2S. The lowest BCUT2D eigenvalue weighted by molar-refractivity contribution is -0.134. The molecule has 2 rings (SSSR count). The minimum Gasteiger partial charge on any atom is -0.343 e. The Balaban J connectivity index is 1.82. The number of carbonyl (C=O) groups is 2. The van der Waals surface area contributed by atoms with Crippen LogP contribution in [-0.2, 0) is 9.59 Å². The Kier molecular flexibility index (Phi) is 4.30. The van der Waals surface area contributed by atoms with Gasteiger partial charge in [-0.15, -0.1) is 11.3 Å². The molecule has 6 heteroatoms. The molecule has 1 aliphatic heterocycles. The number of aromatic nitrogens is 1. The van der Waals surface area contributed by atoms with Crippen molar-refractivity contribution < 1.29 is 9.59 Å². The maximum atomic E-state index is 12.0. The topological polar surface area (TPSA) is 62.3 Å². The second-order valence-electron chi connectivity index (χ2n) is 4.34. The van der Waals surface area contributed by atoms with E-state index in [0.29, 0.717) is 24.6 Å². The molecule has 0 spiro atoms. The predicted octanol–water partition coefficient (Wildman–Crippen LogP) is 1.73. The van der Waals surface area contributed by atoms with Crippen LogP contribution in [0.4, 0.5) is 5.13 Å². The maximum absolute atomic E-state index is 12.0. The summed E-state index contributed by atoms with van der Waals surface area (Å²) in [6, 6.07) is 0. The van der Waals surface area contributed by atoms with Gasteiger partial charge in [0, 0.05) is 37.0 Å². The number of nitrogens with one attached hydrogen (secondary N) is 1. The number of anilines is 1. The normalized spacial score (nSPS) is 16.6. The third-order valence-electron chi connectivity index (χ3n) is 3.18. The van der Waals surface area contributed by atoms with Gasteiger partial charge in [-0.2, -0.15) is 0 Å². The molecule has 0 saturated carbocycles. The van der Waals surface area contributed by atoms with Crippen LogP contribution in [0.15, 0.2) is 11.6 Å². The Bertz CT molecular complexity index is 411. The minimum absolute atomic E-state index is 0.00481. The average Bonchev–Trinajstić information content (AvgIpc) is 2.91. The van der Waals surface area contributed by atoms with Crippen molar-refractivity contribution in [3.8, 4) is 0 Å². The highest BCUT2D eigenvalue weighted by atomic mass is 32.1. The average molecular weight is 267 g/mol. The molecule has 1 aromatic heterocycles. The van der Waals surface area contributed by atoms with Crippen LogP contribution in [0.5, 0.6) is 0 Å². The van der Waals surface area contributed by atoms with E-state index in [2.05, 4.69) is 10.3 Å². The Hall–Kier alpha value is -1.43. The number of hydrogen-bond donors (Lipinski definition) is 1. The number of likely N-dealkylation sites (tertiary alicyclic amines) is 1. The summed E-state index contributed by atoms with van der Waals surface area (Å²) in [4.78, 5) is 29.4. The van der Waals surface area contributed by atoms with E-state index in [1.807, 2.05) is 17.2 Å². The van der Waals surface area contributed by atoms with Gasteiger partial charge in [0.1, 0.15) is 0 Å². The van der Waals surface area contributed by atoms with Crippen LogP contribution in [0.25, 0.3) is 0 Å². The summed E-state index contributed by atoms with van der Waals surface area (Å²) in [5, 5.41) is 5.29. The van der Waals surface area contributed by atoms with E-state index < -0.39 is 0 Å². The highest BCUT2D eigenvalue weighted by molar-refractivity contribution is 7.13. The molecular weight excluding hydrogens is 250 g/mol. The molecule has 0 unspecified atom stereocenters. The van der Waals surface area contributed by atoms with Crippen molar-refractivity contribution in [2.24, 2.45) is 5.92 Å². The van der Waals surface area contributed by atoms with Gasteiger partial charge < -0.3 is 10.2 Å². The second kappa shape index (κ2) is 5.95. The first kappa shape index (κ1) is 13.0. The highest BCUT2D eigenvalue weighted by Gasteiger charge is 2.26. The van der Waals surface area contributed by atoms with Gasteiger partial charge in [-0.1, -0.05) is 6.92 Å². The van der Waals surface area contributed by atoms with Crippen LogP contribution >= 0.6 is 11.3 Å². The number of rotatable bonds is 3. The van der Waals surface area contributed by atoms with E-state index in [1.54, 1.807) is 6.20 Å². The first-order valence-corrected chi connectivity index (χ1v) is 7.06. The van der Waals surface area contributed by atoms with Crippen molar-refractivity contribution in [3.63, 3.8) is 0 Å². The van der Waals surface area contributed by atoms with Crippen molar-refractivity contribution in [2.75, 3.05) is 18.4 Å². The third-order valence-corrected chi connectivity index (χ3v) is 3.87. The molecule has 2 amide bonds. The number of hydrogen-bond acceptors (Lipinski definition) is 4. The largest absolute Gasteiger partial charge is 0.343 e. The van der Waals surface area contributed by atoms with E-state index in [0.717, 1.165) is 12.8 Å². The van der Waals surface area contributed by atoms with Crippen LogP contribution < -0.4 is 5.32 Å². The summed E-state index contributed by atoms with van der Waals surface area (Å²) in [5.74, 6) is 0.192. The fourth-order valence-electron chi connectivity index (χ4n) is 2.11. The standard InChI is InChI=1S/C12H17N3O2S/c1-2-10(16)15-6-3-9(4-7-15)11(17)14-12-13-5-8-18-12/h5,8-9H,2-4,6-7H2,1H3,(H,13,14,17). The lowest BCUT2D eigenvalue weighted by Crippen LogP contribution is -2.41. The molecule has 98 valence electrons. The second-order valence-corrected chi connectivity index (χ2v) is 5.23. The van der Waals surface area contributed by atoms with E-state index in [1.165, 1.54) is 11.3 Å². The molecule has 1 aromatic rings. The summed E-state index contributed by atoms with van der Waals surface area (Å²) >= 11 is 1.42. The van der Waals surface area contributed by atoms with E-state index in [9.17, 15) is 9.59 Å². The number of piperidine rings is 1. The molecule has 18 heavy (non-hydrogen) atoms. The summed E-state index contributed by atoms with van der Waals surface area (Å²) < 4.78 is 0. The van der Waals surface area contributed by atoms with Gasteiger partial charge in [-0.25, -0.2) is 4.98 Å². The minimum atomic E-state index is -0.00481. The molecule has 1 saturated heterocycles. The van der Waals surface area contributed by atoms with Crippen molar-refractivity contribution in [3.05, 3.63) is 11.6 Å². The summed E-state index contributed by atoms with van der Waals surface area (Å²) in [5.41, 5.74) is 0. The SMILES string of the molecule is CCC(=O)N1CCC(C(=O)Nc2nccs2)CC1. The van der Waals surface area contributed by atoms with Crippen molar-refractivity contribution >= 4 is 28.3 Å². The number of carbonyl (C=O) groups excluding carboxylic acids is 2. The zero-order chi connectivity index (χ0) is 13.0. The molecule has 2 heterocycles. The Morgan fingerprint density at radius 1 is 1.50 bits per heavy atom. The monoisotopic (exact) mass is 267 g/mol. The molecule has 0 radical (unpaired) electrons. The van der Waals surface area contributed by atoms with Gasteiger partial charge in [0.15, 0.2) is 5.13 Å². The van der Waals surface area contributed by atoms with Crippen LogP contribution in [0.2, 0.25) is 0 Å². The zero-order valence-electron chi connectivity index (χ0n) is 10.4. The smallest absolute Gasteiger partial charge is 0.229 e. The Morgan fingerprint density at radius 2 is 2.22 bits per heavy atom. The number of nitrogens with zero attached hydrogens (tertiary/aromatic N) is 2. The fourth-order valence-corrected chi connectivity index (χ4v) is 2.64. The maximum Gasteiger partial charge on any atom is 0.229 e. The number of thiazole rings is 1. The van der Waals surface area contributed by atoms with Crippen molar-refractivity contribution in [1.82, 2.24) is 9.88 Å². The third kappa shape index (κ3) is 3.07. The van der Waals surface area contributed by atoms with Gasteiger partial charge in [0.05, 0.1) is 0 Å². The number of amides is 2. The Labute approximate surface area is 110 Å². The lowest BCUT2D eigenvalue weighted by atomic mass is 9.96. The van der Waals surface area contributed by atoms with E-state index in [4.69, 9.17) is 0 Å². The van der Waals surface area contributed by atoms with Gasteiger partial charge >= 0.3 is 0 Å². The molecule has 0 atom stereocenters. The van der Waals surface area contributed by atoms with E-state index in [-0.39, 0.29) is 17.7 Å². The first-order valence-electron chi connectivity index (χ1n) is 6.19. The fraction of sp³-hybridized carbons (Fsp3) is 0.583. The van der Waals surface area contributed by atoms with Crippen LogP contribution in [0.1, 0.15) is 26.2 Å². The van der Waals surface area contributed by atoms with Crippen LogP contribution in [-0.4, -0.2) is 34.8 Å². The van der Waals surface area contributed by atoms with Gasteiger partial charge in [-0.3, -0.25) is 9.59 Å². The summed E-state index contributed by atoms with van der Waals surface area (Å²) in [7, 11) is 0. The molecule has 0 aliphatic carbocycles. The van der Waals surface area contributed by atoms with Gasteiger partial charge in [0.2, 0.25) is 11.8 Å². The van der Waals surface area contributed by atoms with Crippen molar-refractivity contribution in [2.45, 2.75) is 26.2 Å². The molecule has 1 aliphatic rings. The van der Waals surface area contributed by atoms with Gasteiger partial charge in [0.25, 0.3) is 0 Å². The molecule has 0 aromatic carbocycles. The summed E-state index contributed by atoms with van der Waals surface area (Å²) in [6.07, 6.45) is 3.69. The predicted molar refractivity (Wildman–Crippen MR) is 70.3 cm³/mol. The van der Waals surface area contributed by atoms with Crippen LogP contribution in [0, 0.1) is 5.92 Å². The van der Waals surface area contributed by atoms with Gasteiger partial charge in [-0.05, 0) is 12.8 Å². The first-order chi connectivity index (χ1) is 8.70. The Morgan fingerprint density at radius 3 is 2.78 bits per heavy atom. The van der Waals surface area contributed by atoms with E-state index >= 15 is 0 Å². The highest BCUT2D eigenvalue weighted by Crippen LogP contribution is 2.20. The molecule has 0 bridgehead atoms. The quantitative estimate of drug-likeness (QED) is 0.907. The van der Waals surface area contributed by atoms with Crippen molar-refractivity contribution in [1.29, 1.82) is 0 Å². The molecule has 5 nitrogen and oxygen atoms in total. The van der Waals surface area contributed by atoms with Crippen LogP contribution in [0.3, 0.4) is 0 Å². The molecule has 1 N–H and O–H groups in total.